The Bertz CT molecular complexity index is 685. The van der Waals surface area contributed by atoms with Crippen molar-refractivity contribution in [3.63, 3.8) is 0 Å². The highest BCUT2D eigenvalue weighted by atomic mass is 16.4. The van der Waals surface area contributed by atoms with Crippen LogP contribution in [0.4, 0.5) is 0 Å². The predicted octanol–water partition coefficient (Wildman–Crippen LogP) is 3.68. The number of carbonyl (C=O) groups is 1. The summed E-state index contributed by atoms with van der Waals surface area (Å²) in [4.78, 5) is 11.7. The molecule has 1 aromatic carbocycles. The lowest BCUT2D eigenvalue weighted by molar-refractivity contribution is 0.0698. The number of aryl methyl sites for hydroxylation is 3. The van der Waals surface area contributed by atoms with Crippen molar-refractivity contribution in [3.8, 4) is 0 Å². The molecule has 0 saturated carbocycles. The van der Waals surface area contributed by atoms with E-state index >= 15 is 0 Å². The van der Waals surface area contributed by atoms with Gasteiger partial charge in [0.15, 0.2) is 0 Å². The number of aromatic carboxylic acids is 1. The number of carboxylic acids is 1. The first-order valence-electron chi connectivity index (χ1n) is 7.97. The number of fused-ring (bicyclic) bond motifs is 1. The first-order valence-corrected chi connectivity index (χ1v) is 7.97. The SMILES string of the molecule is CCCCn1c(C)c(CCCO)c2cc(C)cc(C(=O)O)c21. The van der Waals surface area contributed by atoms with Crippen LogP contribution in [0.3, 0.4) is 0 Å². The summed E-state index contributed by atoms with van der Waals surface area (Å²) in [5.74, 6) is -0.877. The van der Waals surface area contributed by atoms with Crippen LogP contribution in [-0.2, 0) is 13.0 Å². The molecular weight excluding hydrogens is 278 g/mol. The van der Waals surface area contributed by atoms with Crippen LogP contribution in [0.5, 0.6) is 0 Å². The Morgan fingerprint density at radius 1 is 1.23 bits per heavy atom. The molecule has 0 fully saturated rings. The third kappa shape index (κ3) is 3.02. The number of unbranched alkanes of at least 4 members (excludes halogenated alkanes) is 1. The molecule has 4 nitrogen and oxygen atoms in total. The Balaban J connectivity index is 2.73. The van der Waals surface area contributed by atoms with E-state index in [0.29, 0.717) is 12.0 Å². The smallest absolute Gasteiger partial charge is 0.337 e. The number of aliphatic hydroxyl groups is 1. The molecule has 2 aromatic rings. The average Bonchev–Trinajstić information content (AvgIpc) is 2.73. The topological polar surface area (TPSA) is 62.5 Å². The van der Waals surface area contributed by atoms with Crippen molar-refractivity contribution in [3.05, 3.63) is 34.5 Å². The minimum Gasteiger partial charge on any atom is -0.478 e. The second-order valence-corrected chi connectivity index (χ2v) is 5.91. The Hall–Kier alpha value is -1.81. The van der Waals surface area contributed by atoms with Crippen molar-refractivity contribution in [1.29, 1.82) is 0 Å². The molecule has 1 heterocycles. The normalized spacial score (nSPS) is 11.3. The standard InChI is InChI=1S/C18H25NO3/c1-4-5-8-19-13(3)14(7-6-9-20)15-10-12(2)11-16(17(15)19)18(21)22/h10-11,20H,4-9H2,1-3H3,(H,21,22). The van der Waals surface area contributed by atoms with E-state index in [-0.39, 0.29) is 6.61 Å². The van der Waals surface area contributed by atoms with Gasteiger partial charge in [-0.2, -0.15) is 0 Å². The second-order valence-electron chi connectivity index (χ2n) is 5.91. The van der Waals surface area contributed by atoms with Crippen molar-refractivity contribution in [1.82, 2.24) is 4.57 Å². The zero-order valence-corrected chi connectivity index (χ0v) is 13.6. The van der Waals surface area contributed by atoms with Gasteiger partial charge in [0.2, 0.25) is 0 Å². The van der Waals surface area contributed by atoms with Crippen LogP contribution in [0.25, 0.3) is 10.9 Å². The predicted molar refractivity (Wildman–Crippen MR) is 88.7 cm³/mol. The van der Waals surface area contributed by atoms with Gasteiger partial charge < -0.3 is 14.8 Å². The Labute approximate surface area is 131 Å². The highest BCUT2D eigenvalue weighted by Gasteiger charge is 2.20. The molecule has 4 heteroatoms. The molecule has 22 heavy (non-hydrogen) atoms. The summed E-state index contributed by atoms with van der Waals surface area (Å²) in [5.41, 5.74) is 4.47. The molecule has 0 radical (unpaired) electrons. The third-order valence-electron chi connectivity index (χ3n) is 4.24. The van der Waals surface area contributed by atoms with Gasteiger partial charge in [-0.25, -0.2) is 4.79 Å². The van der Waals surface area contributed by atoms with Crippen LogP contribution in [-0.4, -0.2) is 27.4 Å². The Kier molecular flexibility index (Phi) is 5.24. The molecular formula is C18H25NO3. The molecule has 0 unspecified atom stereocenters. The molecule has 2 rings (SSSR count). The molecule has 120 valence electrons. The fourth-order valence-electron chi connectivity index (χ4n) is 3.16. The summed E-state index contributed by atoms with van der Waals surface area (Å²) in [5, 5.41) is 19.7. The number of aromatic nitrogens is 1. The molecule has 0 aliphatic heterocycles. The number of aliphatic hydroxyl groups excluding tert-OH is 1. The van der Waals surface area contributed by atoms with E-state index in [2.05, 4.69) is 24.5 Å². The van der Waals surface area contributed by atoms with E-state index in [0.717, 1.165) is 48.0 Å². The highest BCUT2D eigenvalue weighted by molar-refractivity contribution is 6.04. The fraction of sp³-hybridized carbons (Fsp3) is 0.500. The second kappa shape index (κ2) is 6.97. The maximum Gasteiger partial charge on any atom is 0.337 e. The van der Waals surface area contributed by atoms with Crippen LogP contribution in [0.2, 0.25) is 0 Å². The summed E-state index contributed by atoms with van der Waals surface area (Å²) in [6.45, 7) is 7.11. The summed E-state index contributed by atoms with van der Waals surface area (Å²) in [6, 6.07) is 3.83. The molecule has 0 amide bonds. The fourth-order valence-corrected chi connectivity index (χ4v) is 3.16. The molecule has 1 aromatic heterocycles. The van der Waals surface area contributed by atoms with Gasteiger partial charge in [0.1, 0.15) is 0 Å². The van der Waals surface area contributed by atoms with Gasteiger partial charge in [0.05, 0.1) is 11.1 Å². The van der Waals surface area contributed by atoms with Gasteiger partial charge in [-0.05, 0) is 56.4 Å². The summed E-state index contributed by atoms with van der Waals surface area (Å²) in [6.07, 6.45) is 3.57. The number of benzene rings is 1. The molecule has 2 N–H and O–H groups in total. The van der Waals surface area contributed by atoms with Crippen LogP contribution in [0, 0.1) is 13.8 Å². The van der Waals surface area contributed by atoms with Crippen LogP contribution < -0.4 is 0 Å². The maximum absolute atomic E-state index is 11.7. The van der Waals surface area contributed by atoms with Crippen molar-refractivity contribution in [2.45, 2.75) is 53.0 Å². The lowest BCUT2D eigenvalue weighted by Gasteiger charge is -2.10. The third-order valence-corrected chi connectivity index (χ3v) is 4.24. The van der Waals surface area contributed by atoms with E-state index < -0.39 is 5.97 Å². The van der Waals surface area contributed by atoms with Gasteiger partial charge in [0.25, 0.3) is 0 Å². The first kappa shape index (κ1) is 16.6. The largest absolute Gasteiger partial charge is 0.478 e. The minimum absolute atomic E-state index is 0.151. The maximum atomic E-state index is 11.7. The molecule has 0 aliphatic rings. The van der Waals surface area contributed by atoms with Crippen LogP contribution in [0.15, 0.2) is 12.1 Å². The van der Waals surface area contributed by atoms with Crippen molar-refractivity contribution in [2.75, 3.05) is 6.61 Å². The highest BCUT2D eigenvalue weighted by Crippen LogP contribution is 2.31. The Morgan fingerprint density at radius 3 is 2.55 bits per heavy atom. The molecule has 0 atom stereocenters. The van der Waals surface area contributed by atoms with Gasteiger partial charge in [0, 0.05) is 24.2 Å². The van der Waals surface area contributed by atoms with Crippen LogP contribution >= 0.6 is 0 Å². The molecule has 0 spiro atoms. The molecule has 0 bridgehead atoms. The summed E-state index contributed by atoms with van der Waals surface area (Å²) < 4.78 is 2.15. The average molecular weight is 303 g/mol. The summed E-state index contributed by atoms with van der Waals surface area (Å²) >= 11 is 0. The van der Waals surface area contributed by atoms with Gasteiger partial charge in [-0.15, -0.1) is 0 Å². The van der Waals surface area contributed by atoms with Crippen LogP contribution in [0.1, 0.15) is 53.4 Å². The zero-order valence-electron chi connectivity index (χ0n) is 13.6. The molecule has 0 aliphatic carbocycles. The van der Waals surface area contributed by atoms with E-state index in [1.165, 1.54) is 5.56 Å². The van der Waals surface area contributed by atoms with E-state index in [1.54, 1.807) is 6.07 Å². The number of hydrogen-bond donors (Lipinski definition) is 2. The number of nitrogens with zero attached hydrogens (tertiary/aromatic N) is 1. The molecule has 0 saturated heterocycles. The number of hydrogen-bond acceptors (Lipinski definition) is 2. The monoisotopic (exact) mass is 303 g/mol. The Morgan fingerprint density at radius 2 is 1.95 bits per heavy atom. The number of carboxylic acid groups (broad SMARTS) is 1. The van der Waals surface area contributed by atoms with Crippen molar-refractivity contribution >= 4 is 16.9 Å². The van der Waals surface area contributed by atoms with E-state index in [4.69, 9.17) is 5.11 Å². The lowest BCUT2D eigenvalue weighted by atomic mass is 10.0. The van der Waals surface area contributed by atoms with E-state index in [1.807, 2.05) is 6.92 Å². The zero-order chi connectivity index (χ0) is 16.3. The summed E-state index contributed by atoms with van der Waals surface area (Å²) in [7, 11) is 0. The van der Waals surface area contributed by atoms with Gasteiger partial charge >= 0.3 is 5.97 Å². The number of rotatable bonds is 7. The first-order chi connectivity index (χ1) is 10.5. The minimum atomic E-state index is -0.877. The van der Waals surface area contributed by atoms with E-state index in [9.17, 15) is 9.90 Å². The van der Waals surface area contributed by atoms with Gasteiger partial charge in [-0.1, -0.05) is 13.3 Å². The van der Waals surface area contributed by atoms with Gasteiger partial charge in [-0.3, -0.25) is 0 Å². The lowest BCUT2D eigenvalue weighted by Crippen LogP contribution is -2.06. The quantitative estimate of drug-likeness (QED) is 0.820. The van der Waals surface area contributed by atoms with Crippen molar-refractivity contribution < 1.29 is 15.0 Å². The van der Waals surface area contributed by atoms with Crippen molar-refractivity contribution in [2.24, 2.45) is 0 Å².